The number of nitrogens with one attached hydrogen (secondary N) is 2. The quantitative estimate of drug-likeness (QED) is 0.741. The van der Waals surface area contributed by atoms with Crippen molar-refractivity contribution in [2.45, 2.75) is 25.2 Å². The fourth-order valence-corrected chi connectivity index (χ4v) is 2.33. The highest BCUT2D eigenvalue weighted by Crippen LogP contribution is 2.21. The average molecular weight is 233 g/mol. The van der Waals surface area contributed by atoms with Gasteiger partial charge in [0.05, 0.1) is 0 Å². The van der Waals surface area contributed by atoms with E-state index in [1.165, 1.54) is 18.9 Å². The molecule has 17 heavy (non-hydrogen) atoms. The Hall–Kier alpha value is -1.69. The average Bonchev–Trinajstić information content (AvgIpc) is 2.58. The first-order chi connectivity index (χ1) is 8.34. The lowest BCUT2D eigenvalue weighted by Gasteiger charge is -2.11. The lowest BCUT2D eigenvalue weighted by Crippen LogP contribution is -2.22. The maximum absolute atomic E-state index is 11.3. The Morgan fingerprint density at radius 1 is 1.29 bits per heavy atom. The Labute approximate surface area is 98.0 Å². The van der Waals surface area contributed by atoms with E-state index in [0.717, 1.165) is 25.3 Å². The van der Waals surface area contributed by atoms with Crippen LogP contribution in [0.5, 0.6) is 0 Å². The molecule has 6 nitrogen and oxygen atoms in total. The van der Waals surface area contributed by atoms with Gasteiger partial charge in [-0.2, -0.15) is 0 Å². The predicted octanol–water partition coefficient (Wildman–Crippen LogP) is 0.275. The molecule has 1 atom stereocenters. The summed E-state index contributed by atoms with van der Waals surface area (Å²) in [5.74, 6) is 1.18. The summed E-state index contributed by atoms with van der Waals surface area (Å²) in [6.45, 7) is 1.96. The molecule has 2 aromatic heterocycles. The summed E-state index contributed by atoms with van der Waals surface area (Å²) >= 11 is 0. The smallest absolute Gasteiger partial charge is 0.263 e. The monoisotopic (exact) mass is 233 g/mol. The van der Waals surface area contributed by atoms with Crippen LogP contribution in [0, 0.1) is 0 Å². The van der Waals surface area contributed by atoms with Crippen LogP contribution in [-0.2, 0) is 0 Å². The van der Waals surface area contributed by atoms with Gasteiger partial charge < -0.3 is 5.32 Å². The van der Waals surface area contributed by atoms with Gasteiger partial charge in [0, 0.05) is 18.5 Å². The minimum Gasteiger partial charge on any atom is -0.316 e. The second-order valence-electron chi connectivity index (χ2n) is 4.46. The topological polar surface area (TPSA) is 75.1 Å². The van der Waals surface area contributed by atoms with E-state index < -0.39 is 0 Å². The Morgan fingerprint density at radius 3 is 3.18 bits per heavy atom. The zero-order valence-electron chi connectivity index (χ0n) is 9.52. The number of aromatic nitrogens is 4. The maximum Gasteiger partial charge on any atom is 0.263 e. The second kappa shape index (κ2) is 4.29. The van der Waals surface area contributed by atoms with Gasteiger partial charge in [-0.05, 0) is 25.5 Å². The highest BCUT2D eigenvalue weighted by molar-refractivity contribution is 5.35. The fraction of sp³-hybridized carbons (Fsp3) is 0.545. The number of aromatic amines is 1. The van der Waals surface area contributed by atoms with Crippen LogP contribution in [-0.4, -0.2) is 32.9 Å². The first-order valence-electron chi connectivity index (χ1n) is 6.00. The lowest BCUT2D eigenvalue weighted by atomic mass is 10.0. The zero-order valence-corrected chi connectivity index (χ0v) is 9.52. The van der Waals surface area contributed by atoms with Crippen molar-refractivity contribution in [2.75, 3.05) is 13.1 Å². The largest absolute Gasteiger partial charge is 0.316 e. The van der Waals surface area contributed by atoms with Crippen molar-refractivity contribution in [2.24, 2.45) is 0 Å². The Balaban J connectivity index is 2.03. The molecule has 3 heterocycles. The summed E-state index contributed by atoms with van der Waals surface area (Å²) in [6, 6.07) is 3.17. The molecule has 0 spiro atoms. The van der Waals surface area contributed by atoms with Crippen molar-refractivity contribution in [3.8, 4) is 0 Å². The van der Waals surface area contributed by atoms with E-state index >= 15 is 0 Å². The molecular weight excluding hydrogens is 218 g/mol. The molecule has 0 amide bonds. The van der Waals surface area contributed by atoms with E-state index in [-0.39, 0.29) is 5.56 Å². The predicted molar refractivity (Wildman–Crippen MR) is 63.1 cm³/mol. The molecule has 1 fully saturated rings. The molecule has 6 heteroatoms. The Bertz CT molecular complexity index is 564. The van der Waals surface area contributed by atoms with Gasteiger partial charge in [0.15, 0.2) is 11.5 Å². The van der Waals surface area contributed by atoms with Crippen LogP contribution >= 0.6 is 0 Å². The molecular formula is C11H15N5O. The molecule has 90 valence electrons. The van der Waals surface area contributed by atoms with Gasteiger partial charge in [-0.15, -0.1) is 10.2 Å². The fourth-order valence-electron chi connectivity index (χ4n) is 2.33. The molecule has 2 aromatic rings. The number of H-pyrrole nitrogens is 1. The number of rotatable bonds is 1. The van der Waals surface area contributed by atoms with Gasteiger partial charge in [0.2, 0.25) is 0 Å². The van der Waals surface area contributed by atoms with Crippen LogP contribution in [0.15, 0.2) is 16.9 Å². The van der Waals surface area contributed by atoms with Crippen molar-refractivity contribution in [1.82, 2.24) is 25.1 Å². The highest BCUT2D eigenvalue weighted by Gasteiger charge is 2.19. The third-order valence-electron chi connectivity index (χ3n) is 3.23. The molecule has 0 saturated carbocycles. The van der Waals surface area contributed by atoms with Crippen LogP contribution in [0.3, 0.4) is 0 Å². The van der Waals surface area contributed by atoms with Gasteiger partial charge in [-0.3, -0.25) is 9.89 Å². The third-order valence-corrected chi connectivity index (χ3v) is 3.23. The maximum atomic E-state index is 11.3. The van der Waals surface area contributed by atoms with Crippen molar-refractivity contribution >= 4 is 5.65 Å². The lowest BCUT2D eigenvalue weighted by molar-refractivity contribution is 0.561. The number of nitrogens with zero attached hydrogens (tertiary/aromatic N) is 3. The van der Waals surface area contributed by atoms with E-state index in [4.69, 9.17) is 0 Å². The van der Waals surface area contributed by atoms with Crippen molar-refractivity contribution < 1.29 is 0 Å². The Morgan fingerprint density at radius 2 is 2.24 bits per heavy atom. The highest BCUT2D eigenvalue weighted by atomic mass is 16.1. The summed E-state index contributed by atoms with van der Waals surface area (Å²) < 4.78 is 1.71. The molecule has 1 aliphatic heterocycles. The molecule has 1 unspecified atom stereocenters. The standard InChI is InChI=1S/C11H15N5O/c17-10-5-4-9-13-14-11(16(9)15-10)8-3-1-2-6-12-7-8/h4-5,8,12H,1-3,6-7H2,(H,15,17). The van der Waals surface area contributed by atoms with E-state index in [9.17, 15) is 4.79 Å². The molecule has 2 N–H and O–H groups in total. The second-order valence-corrected chi connectivity index (χ2v) is 4.46. The van der Waals surface area contributed by atoms with Crippen molar-refractivity contribution in [3.05, 3.63) is 28.3 Å². The molecule has 1 saturated heterocycles. The first-order valence-corrected chi connectivity index (χ1v) is 6.00. The molecule has 0 bridgehead atoms. The van der Waals surface area contributed by atoms with E-state index in [1.54, 1.807) is 10.6 Å². The summed E-state index contributed by atoms with van der Waals surface area (Å²) in [6.07, 6.45) is 3.47. The molecule has 3 rings (SSSR count). The van der Waals surface area contributed by atoms with E-state index in [2.05, 4.69) is 20.6 Å². The van der Waals surface area contributed by atoms with Crippen LogP contribution in [0.25, 0.3) is 5.65 Å². The Kier molecular flexibility index (Phi) is 2.64. The SMILES string of the molecule is O=c1ccc2nnc(C3CCCCNC3)n2[nH]1. The van der Waals surface area contributed by atoms with E-state index in [1.807, 2.05) is 0 Å². The van der Waals surface area contributed by atoms with Crippen molar-refractivity contribution in [3.63, 3.8) is 0 Å². The normalized spacial score (nSPS) is 21.5. The van der Waals surface area contributed by atoms with Gasteiger partial charge in [-0.1, -0.05) is 6.42 Å². The third kappa shape index (κ3) is 1.95. The van der Waals surface area contributed by atoms with Crippen molar-refractivity contribution in [1.29, 1.82) is 0 Å². The number of hydrogen-bond acceptors (Lipinski definition) is 4. The van der Waals surface area contributed by atoms with Crippen LogP contribution in [0.2, 0.25) is 0 Å². The summed E-state index contributed by atoms with van der Waals surface area (Å²) in [7, 11) is 0. The van der Waals surface area contributed by atoms with E-state index in [0.29, 0.717) is 11.6 Å². The zero-order chi connectivity index (χ0) is 11.7. The number of fused-ring (bicyclic) bond motifs is 1. The summed E-state index contributed by atoms with van der Waals surface area (Å²) in [5, 5.41) is 14.4. The van der Waals surface area contributed by atoms with Crippen LogP contribution < -0.4 is 10.9 Å². The van der Waals surface area contributed by atoms with Gasteiger partial charge in [-0.25, -0.2) is 4.52 Å². The minimum absolute atomic E-state index is 0.125. The van der Waals surface area contributed by atoms with Gasteiger partial charge in [0.1, 0.15) is 0 Å². The summed E-state index contributed by atoms with van der Waals surface area (Å²) in [4.78, 5) is 11.3. The minimum atomic E-state index is -0.125. The number of hydrogen-bond donors (Lipinski definition) is 2. The van der Waals surface area contributed by atoms with Crippen LogP contribution in [0.4, 0.5) is 0 Å². The first kappa shape index (κ1) is 10.5. The molecule has 0 aliphatic carbocycles. The summed E-state index contributed by atoms with van der Waals surface area (Å²) in [5.41, 5.74) is 0.573. The van der Waals surface area contributed by atoms with Gasteiger partial charge in [0.25, 0.3) is 5.56 Å². The molecule has 0 aromatic carbocycles. The van der Waals surface area contributed by atoms with Gasteiger partial charge >= 0.3 is 0 Å². The molecule has 0 radical (unpaired) electrons. The molecule has 1 aliphatic rings. The van der Waals surface area contributed by atoms with Crippen LogP contribution in [0.1, 0.15) is 31.0 Å².